The molecular weight excluding hydrogens is 266 g/mol. The molecule has 5 nitrogen and oxygen atoms in total. The molecular formula is C16H23N3O2. The summed E-state index contributed by atoms with van der Waals surface area (Å²) in [5.41, 5.74) is 1.01. The van der Waals surface area contributed by atoms with Crippen LogP contribution < -0.4 is 14.8 Å². The fraction of sp³-hybridized carbons (Fsp3) is 0.438. The van der Waals surface area contributed by atoms with Crippen LogP contribution in [0.15, 0.2) is 30.6 Å². The van der Waals surface area contributed by atoms with Gasteiger partial charge in [-0.05, 0) is 32.5 Å². The van der Waals surface area contributed by atoms with E-state index >= 15 is 0 Å². The highest BCUT2D eigenvalue weighted by atomic mass is 16.5. The Balaban J connectivity index is 2.29. The lowest BCUT2D eigenvalue weighted by atomic mass is 10.1. The van der Waals surface area contributed by atoms with Crippen molar-refractivity contribution in [2.75, 3.05) is 14.2 Å². The minimum Gasteiger partial charge on any atom is -0.496 e. The van der Waals surface area contributed by atoms with Crippen molar-refractivity contribution >= 4 is 0 Å². The summed E-state index contributed by atoms with van der Waals surface area (Å²) in [5, 5.41) is 7.51. The van der Waals surface area contributed by atoms with Gasteiger partial charge in [-0.15, -0.1) is 0 Å². The van der Waals surface area contributed by atoms with Gasteiger partial charge < -0.3 is 14.8 Å². The van der Waals surface area contributed by atoms with Gasteiger partial charge in [-0.25, -0.2) is 0 Å². The minimum absolute atomic E-state index is 0.127. The quantitative estimate of drug-likeness (QED) is 0.849. The average Bonchev–Trinajstić information content (AvgIpc) is 2.94. The highest BCUT2D eigenvalue weighted by molar-refractivity contribution is 5.48. The first-order valence-corrected chi connectivity index (χ1v) is 7.24. The molecule has 0 aliphatic carbocycles. The number of hydrogen-bond acceptors (Lipinski definition) is 4. The van der Waals surface area contributed by atoms with E-state index in [9.17, 15) is 0 Å². The molecule has 5 heteroatoms. The number of aryl methyl sites for hydroxylation is 1. The molecule has 21 heavy (non-hydrogen) atoms. The molecule has 0 radical (unpaired) electrons. The van der Waals surface area contributed by atoms with E-state index in [1.54, 1.807) is 13.3 Å². The molecule has 1 unspecified atom stereocenters. The number of rotatable bonds is 7. The lowest BCUT2D eigenvalue weighted by Gasteiger charge is -2.18. The molecule has 1 N–H and O–H groups in total. The Hall–Kier alpha value is -2.01. The van der Waals surface area contributed by atoms with Gasteiger partial charge in [-0.3, -0.25) is 4.68 Å². The van der Waals surface area contributed by atoms with E-state index in [1.807, 2.05) is 36.1 Å². The second kappa shape index (κ2) is 7.13. The van der Waals surface area contributed by atoms with Crippen molar-refractivity contribution in [2.24, 2.45) is 0 Å². The summed E-state index contributed by atoms with van der Waals surface area (Å²) in [6.45, 7) is 5.09. The van der Waals surface area contributed by atoms with Gasteiger partial charge in [0.15, 0.2) is 5.75 Å². The van der Waals surface area contributed by atoms with E-state index in [-0.39, 0.29) is 6.04 Å². The molecule has 1 aromatic carbocycles. The molecule has 1 heterocycles. The molecule has 0 aliphatic rings. The molecule has 114 valence electrons. The van der Waals surface area contributed by atoms with Crippen LogP contribution in [0.2, 0.25) is 0 Å². The number of aromatic nitrogens is 2. The number of benzene rings is 1. The van der Waals surface area contributed by atoms with E-state index in [4.69, 9.17) is 9.47 Å². The van der Waals surface area contributed by atoms with Gasteiger partial charge in [0.25, 0.3) is 0 Å². The zero-order valence-corrected chi connectivity index (χ0v) is 13.1. The Morgan fingerprint density at radius 3 is 2.76 bits per heavy atom. The monoisotopic (exact) mass is 289 g/mol. The number of methoxy groups -OCH3 is 1. The van der Waals surface area contributed by atoms with Crippen LogP contribution in [0, 0.1) is 0 Å². The van der Waals surface area contributed by atoms with Crippen LogP contribution in [0.3, 0.4) is 0 Å². The second-order valence-electron chi connectivity index (χ2n) is 4.92. The number of nitrogens with zero attached hydrogens (tertiary/aromatic N) is 2. The Morgan fingerprint density at radius 2 is 2.10 bits per heavy atom. The van der Waals surface area contributed by atoms with E-state index in [1.165, 1.54) is 0 Å². The lowest BCUT2D eigenvalue weighted by molar-refractivity contribution is 0.393. The van der Waals surface area contributed by atoms with Gasteiger partial charge in [0.2, 0.25) is 0 Å². The standard InChI is InChI=1S/C16H23N3O2/c1-5-9-19-11-13(10-18-19)21-15-8-6-7-14(20-4)16(15)12(2)17-3/h6-8,10-12,17H,5,9H2,1-4H3. The zero-order chi connectivity index (χ0) is 15.2. The van der Waals surface area contributed by atoms with Crippen molar-refractivity contribution < 1.29 is 9.47 Å². The summed E-state index contributed by atoms with van der Waals surface area (Å²) >= 11 is 0. The largest absolute Gasteiger partial charge is 0.496 e. The maximum absolute atomic E-state index is 6.00. The lowest BCUT2D eigenvalue weighted by Crippen LogP contribution is -2.14. The molecule has 2 aromatic rings. The predicted molar refractivity (Wildman–Crippen MR) is 83.1 cm³/mol. The normalized spacial score (nSPS) is 12.2. The highest BCUT2D eigenvalue weighted by Crippen LogP contribution is 2.36. The number of hydrogen-bond donors (Lipinski definition) is 1. The van der Waals surface area contributed by atoms with Crippen molar-refractivity contribution in [2.45, 2.75) is 32.9 Å². The number of nitrogens with one attached hydrogen (secondary N) is 1. The molecule has 0 saturated carbocycles. The summed E-state index contributed by atoms with van der Waals surface area (Å²) in [5.74, 6) is 2.34. The van der Waals surface area contributed by atoms with Gasteiger partial charge in [-0.2, -0.15) is 5.10 Å². The maximum atomic E-state index is 6.00. The Bertz CT molecular complexity index is 581. The molecule has 0 fully saturated rings. The third-order valence-corrected chi connectivity index (χ3v) is 3.40. The van der Waals surface area contributed by atoms with Gasteiger partial charge in [0.05, 0.1) is 25.1 Å². The second-order valence-corrected chi connectivity index (χ2v) is 4.92. The summed E-state index contributed by atoms with van der Waals surface area (Å²) in [6.07, 6.45) is 4.70. The zero-order valence-electron chi connectivity index (χ0n) is 13.1. The first-order chi connectivity index (χ1) is 10.2. The van der Waals surface area contributed by atoms with Crippen molar-refractivity contribution in [3.63, 3.8) is 0 Å². The molecule has 0 saturated heterocycles. The third kappa shape index (κ3) is 3.55. The van der Waals surface area contributed by atoms with Crippen LogP contribution in [-0.4, -0.2) is 23.9 Å². The van der Waals surface area contributed by atoms with E-state index in [0.29, 0.717) is 0 Å². The molecule has 1 atom stereocenters. The Kier molecular flexibility index (Phi) is 5.22. The maximum Gasteiger partial charge on any atom is 0.165 e. The SMILES string of the molecule is CCCn1cc(Oc2cccc(OC)c2C(C)NC)cn1. The third-order valence-electron chi connectivity index (χ3n) is 3.40. The smallest absolute Gasteiger partial charge is 0.165 e. The summed E-state index contributed by atoms with van der Waals surface area (Å²) in [7, 11) is 3.59. The van der Waals surface area contributed by atoms with Gasteiger partial charge in [-0.1, -0.05) is 13.0 Å². The summed E-state index contributed by atoms with van der Waals surface area (Å²) in [4.78, 5) is 0. The Labute approximate surface area is 125 Å². The summed E-state index contributed by atoms with van der Waals surface area (Å²) < 4.78 is 13.3. The Morgan fingerprint density at radius 1 is 1.33 bits per heavy atom. The van der Waals surface area contributed by atoms with Crippen LogP contribution in [0.4, 0.5) is 0 Å². The van der Waals surface area contributed by atoms with E-state index in [2.05, 4.69) is 24.3 Å². The first kappa shape index (κ1) is 15.4. The predicted octanol–water partition coefficient (Wildman–Crippen LogP) is 3.37. The van der Waals surface area contributed by atoms with Crippen molar-refractivity contribution in [1.82, 2.24) is 15.1 Å². The molecule has 2 rings (SSSR count). The molecule has 0 amide bonds. The minimum atomic E-state index is 0.127. The van der Waals surface area contributed by atoms with Crippen LogP contribution in [0.25, 0.3) is 0 Å². The van der Waals surface area contributed by atoms with Crippen LogP contribution in [-0.2, 0) is 6.54 Å². The van der Waals surface area contributed by atoms with Gasteiger partial charge in [0.1, 0.15) is 11.5 Å². The van der Waals surface area contributed by atoms with Crippen LogP contribution in [0.1, 0.15) is 31.9 Å². The van der Waals surface area contributed by atoms with Crippen LogP contribution >= 0.6 is 0 Å². The highest BCUT2D eigenvalue weighted by Gasteiger charge is 2.17. The van der Waals surface area contributed by atoms with Gasteiger partial charge in [0, 0.05) is 12.6 Å². The fourth-order valence-corrected chi connectivity index (χ4v) is 2.24. The van der Waals surface area contributed by atoms with Crippen LogP contribution in [0.5, 0.6) is 17.2 Å². The van der Waals surface area contributed by atoms with Gasteiger partial charge >= 0.3 is 0 Å². The topological polar surface area (TPSA) is 48.3 Å². The molecule has 0 aliphatic heterocycles. The van der Waals surface area contributed by atoms with E-state index in [0.717, 1.165) is 35.8 Å². The van der Waals surface area contributed by atoms with Crippen molar-refractivity contribution in [3.8, 4) is 17.2 Å². The fourth-order valence-electron chi connectivity index (χ4n) is 2.24. The number of ether oxygens (including phenoxy) is 2. The summed E-state index contributed by atoms with van der Waals surface area (Å²) in [6, 6.07) is 5.94. The van der Waals surface area contributed by atoms with E-state index < -0.39 is 0 Å². The molecule has 0 bridgehead atoms. The molecule has 1 aromatic heterocycles. The molecule has 0 spiro atoms. The van der Waals surface area contributed by atoms with Crippen molar-refractivity contribution in [3.05, 3.63) is 36.2 Å². The first-order valence-electron chi connectivity index (χ1n) is 7.24. The average molecular weight is 289 g/mol. The van der Waals surface area contributed by atoms with Crippen molar-refractivity contribution in [1.29, 1.82) is 0 Å².